The van der Waals surface area contributed by atoms with Crippen LogP contribution in [0.5, 0.6) is 0 Å². The molecule has 22 heavy (non-hydrogen) atoms. The summed E-state index contributed by atoms with van der Waals surface area (Å²) in [5, 5.41) is 5.55. The van der Waals surface area contributed by atoms with Crippen LogP contribution in [0, 0.1) is 0 Å². The molecular formula is C13H25F3IN3O2. The maximum absolute atomic E-state index is 12.0. The third-order valence-corrected chi connectivity index (χ3v) is 2.75. The summed E-state index contributed by atoms with van der Waals surface area (Å²) in [4.78, 5) is 14.7. The number of nitrogens with zero attached hydrogens (tertiary/aromatic N) is 1. The Labute approximate surface area is 146 Å². The van der Waals surface area contributed by atoms with Crippen LogP contribution in [0.3, 0.4) is 0 Å². The molecule has 0 bridgehead atoms. The number of aliphatic imine (C=N–C) groups is 1. The molecule has 0 heterocycles. The summed E-state index contributed by atoms with van der Waals surface area (Å²) in [6.07, 6.45) is -1.13. The van der Waals surface area contributed by atoms with E-state index in [1.165, 1.54) is 14.2 Å². The summed E-state index contributed by atoms with van der Waals surface area (Å²) in [6, 6.07) is 0. The lowest BCUT2D eigenvalue weighted by molar-refractivity contribution is -0.140. The maximum atomic E-state index is 12.0. The van der Waals surface area contributed by atoms with E-state index >= 15 is 0 Å². The molecule has 0 aromatic rings. The van der Waals surface area contributed by atoms with Crippen LogP contribution in [-0.2, 0) is 9.53 Å². The fraction of sp³-hybridized carbons (Fsp3) is 0.846. The summed E-state index contributed by atoms with van der Waals surface area (Å²) < 4.78 is 40.5. The van der Waals surface area contributed by atoms with E-state index in [1.54, 1.807) is 0 Å². The fourth-order valence-electron chi connectivity index (χ4n) is 1.60. The van der Waals surface area contributed by atoms with Crippen molar-refractivity contribution in [2.45, 2.75) is 44.7 Å². The average molecular weight is 439 g/mol. The van der Waals surface area contributed by atoms with Gasteiger partial charge in [-0.25, -0.2) is 0 Å². The first-order chi connectivity index (χ1) is 9.89. The van der Waals surface area contributed by atoms with Crippen LogP contribution in [0.15, 0.2) is 4.99 Å². The molecule has 9 heteroatoms. The lowest BCUT2D eigenvalue weighted by Gasteiger charge is -2.12. The summed E-state index contributed by atoms with van der Waals surface area (Å²) in [7, 11) is 2.88. The normalized spacial score (nSPS) is 11.6. The van der Waals surface area contributed by atoms with Crippen molar-refractivity contribution in [3.8, 4) is 0 Å². The molecule has 0 unspecified atom stereocenters. The van der Waals surface area contributed by atoms with Gasteiger partial charge in [-0.15, -0.1) is 24.0 Å². The zero-order chi connectivity index (χ0) is 16.1. The zero-order valence-electron chi connectivity index (χ0n) is 13.0. The molecule has 0 spiro atoms. The Balaban J connectivity index is 0. The van der Waals surface area contributed by atoms with Crippen LogP contribution in [0.25, 0.3) is 0 Å². The van der Waals surface area contributed by atoms with Crippen molar-refractivity contribution in [3.05, 3.63) is 0 Å². The van der Waals surface area contributed by atoms with Crippen molar-refractivity contribution in [1.82, 2.24) is 10.6 Å². The Morgan fingerprint density at radius 1 is 1.09 bits per heavy atom. The Bertz CT molecular complexity index is 326. The second kappa shape index (κ2) is 13.9. The molecule has 0 fully saturated rings. The lowest BCUT2D eigenvalue weighted by Crippen LogP contribution is -2.39. The summed E-state index contributed by atoms with van der Waals surface area (Å²) in [5.74, 6) is 0.163. The molecule has 0 aromatic heterocycles. The monoisotopic (exact) mass is 439 g/mol. The highest BCUT2D eigenvalue weighted by molar-refractivity contribution is 14.0. The van der Waals surface area contributed by atoms with Crippen LogP contribution in [0.2, 0.25) is 0 Å². The van der Waals surface area contributed by atoms with Gasteiger partial charge in [0.1, 0.15) is 0 Å². The predicted molar refractivity (Wildman–Crippen MR) is 90.6 cm³/mol. The molecule has 132 valence electrons. The predicted octanol–water partition coefficient (Wildman–Crippen LogP) is 2.85. The van der Waals surface area contributed by atoms with E-state index in [9.17, 15) is 18.0 Å². The highest BCUT2D eigenvalue weighted by Gasteiger charge is 2.26. The van der Waals surface area contributed by atoms with Crippen molar-refractivity contribution in [1.29, 1.82) is 0 Å². The van der Waals surface area contributed by atoms with Gasteiger partial charge in [0.15, 0.2) is 5.96 Å². The number of hydrogen-bond donors (Lipinski definition) is 2. The highest BCUT2D eigenvalue weighted by atomic mass is 127. The number of halogens is 4. The van der Waals surface area contributed by atoms with Gasteiger partial charge in [-0.1, -0.05) is 12.8 Å². The van der Waals surface area contributed by atoms with Crippen molar-refractivity contribution in [3.63, 3.8) is 0 Å². The third kappa shape index (κ3) is 15.6. The van der Waals surface area contributed by atoms with E-state index in [-0.39, 0.29) is 36.5 Å². The van der Waals surface area contributed by atoms with E-state index in [2.05, 4.69) is 20.4 Å². The number of alkyl halides is 3. The topological polar surface area (TPSA) is 62.7 Å². The van der Waals surface area contributed by atoms with Crippen LogP contribution in [0.1, 0.15) is 38.5 Å². The van der Waals surface area contributed by atoms with E-state index < -0.39 is 12.6 Å². The number of carbonyl (C=O) groups excluding carboxylic acids is 1. The van der Waals surface area contributed by atoms with Crippen molar-refractivity contribution < 1.29 is 22.7 Å². The van der Waals surface area contributed by atoms with Gasteiger partial charge in [-0.2, -0.15) is 13.2 Å². The van der Waals surface area contributed by atoms with Crippen LogP contribution < -0.4 is 10.6 Å². The molecule has 5 nitrogen and oxygen atoms in total. The molecule has 0 saturated heterocycles. The van der Waals surface area contributed by atoms with Gasteiger partial charge in [0.2, 0.25) is 0 Å². The lowest BCUT2D eigenvalue weighted by atomic mass is 10.1. The Morgan fingerprint density at radius 3 is 2.23 bits per heavy atom. The molecule has 0 aliphatic rings. The minimum Gasteiger partial charge on any atom is -0.469 e. The minimum absolute atomic E-state index is 0. The van der Waals surface area contributed by atoms with E-state index in [4.69, 9.17) is 0 Å². The number of guanidine groups is 1. The molecule has 0 rings (SSSR count). The molecule has 0 saturated carbocycles. The van der Waals surface area contributed by atoms with Crippen molar-refractivity contribution >= 4 is 35.9 Å². The zero-order valence-corrected chi connectivity index (χ0v) is 15.3. The largest absolute Gasteiger partial charge is 0.469 e. The second-order valence-electron chi connectivity index (χ2n) is 4.53. The van der Waals surface area contributed by atoms with Crippen LogP contribution >= 0.6 is 24.0 Å². The van der Waals surface area contributed by atoms with Gasteiger partial charge in [-0.3, -0.25) is 9.79 Å². The van der Waals surface area contributed by atoms with Crippen molar-refractivity contribution in [2.75, 3.05) is 27.2 Å². The third-order valence-electron chi connectivity index (χ3n) is 2.75. The van der Waals surface area contributed by atoms with Gasteiger partial charge >= 0.3 is 12.1 Å². The van der Waals surface area contributed by atoms with Gasteiger partial charge in [-0.05, 0) is 12.8 Å². The number of nitrogens with one attached hydrogen (secondary N) is 2. The van der Waals surface area contributed by atoms with Crippen LogP contribution in [-0.4, -0.2) is 45.4 Å². The summed E-state index contributed by atoms with van der Waals surface area (Å²) in [6.45, 7) is 0.437. The molecule has 0 aliphatic carbocycles. The summed E-state index contributed by atoms with van der Waals surface area (Å²) >= 11 is 0. The molecule has 0 aliphatic heterocycles. The Morgan fingerprint density at radius 2 is 1.68 bits per heavy atom. The van der Waals surface area contributed by atoms with E-state index in [0.717, 1.165) is 25.7 Å². The fourth-order valence-corrected chi connectivity index (χ4v) is 1.60. The Hall–Kier alpha value is -0.740. The molecule has 0 aromatic carbocycles. The second-order valence-corrected chi connectivity index (χ2v) is 4.53. The molecule has 0 atom stereocenters. The van der Waals surface area contributed by atoms with Gasteiger partial charge in [0.25, 0.3) is 0 Å². The van der Waals surface area contributed by atoms with E-state index in [0.29, 0.717) is 18.9 Å². The molecular weight excluding hydrogens is 414 g/mol. The number of rotatable bonds is 9. The van der Waals surface area contributed by atoms with Gasteiger partial charge in [0, 0.05) is 26.6 Å². The number of esters is 1. The smallest absolute Gasteiger partial charge is 0.390 e. The van der Waals surface area contributed by atoms with Crippen molar-refractivity contribution in [2.24, 2.45) is 4.99 Å². The van der Waals surface area contributed by atoms with Gasteiger partial charge in [0.05, 0.1) is 13.5 Å². The number of ether oxygens (including phenoxy) is 1. The summed E-state index contributed by atoms with van der Waals surface area (Å²) in [5.41, 5.74) is 0. The molecule has 2 N–H and O–H groups in total. The van der Waals surface area contributed by atoms with Gasteiger partial charge < -0.3 is 15.4 Å². The number of methoxy groups -OCH3 is 1. The first kappa shape index (κ1) is 23.5. The SMILES string of the molecule is CN=C(NCCCCCCC(=O)OC)NCCC(F)(F)F.I. The quantitative estimate of drug-likeness (QED) is 0.191. The highest BCUT2D eigenvalue weighted by Crippen LogP contribution is 2.17. The maximum Gasteiger partial charge on any atom is 0.390 e. The minimum atomic E-state index is -4.16. The number of carbonyl (C=O) groups is 1. The molecule has 0 radical (unpaired) electrons. The first-order valence-corrected chi connectivity index (χ1v) is 6.97. The van der Waals surface area contributed by atoms with E-state index in [1.807, 2.05) is 0 Å². The standard InChI is InChI=1S/C13H24F3N3O2.HI/c1-17-12(19-10-8-13(14,15)16)18-9-6-4-3-5-7-11(20)21-2;/h3-10H2,1-2H3,(H2,17,18,19);1H. The number of unbranched alkanes of at least 4 members (excludes halogenated alkanes) is 3. The molecule has 0 amide bonds. The number of hydrogen-bond acceptors (Lipinski definition) is 3. The Kier molecular flexibility index (Phi) is 14.9. The average Bonchev–Trinajstić information content (AvgIpc) is 2.42. The van der Waals surface area contributed by atoms with Crippen LogP contribution in [0.4, 0.5) is 13.2 Å². The first-order valence-electron chi connectivity index (χ1n) is 6.97.